The first-order valence-electron chi connectivity index (χ1n) is 8.09. The predicted molar refractivity (Wildman–Crippen MR) is 104 cm³/mol. The molecule has 136 valence electrons. The van der Waals surface area contributed by atoms with Gasteiger partial charge in [-0.25, -0.2) is 4.39 Å². The third-order valence-corrected chi connectivity index (χ3v) is 3.81. The molecule has 1 atom stereocenters. The van der Waals surface area contributed by atoms with E-state index in [2.05, 4.69) is 15.6 Å². The van der Waals surface area contributed by atoms with E-state index in [9.17, 15) is 8.78 Å². The molecule has 7 heteroatoms. The number of halogens is 3. The van der Waals surface area contributed by atoms with Crippen molar-refractivity contribution in [2.24, 2.45) is 10.9 Å². The molecule has 1 aliphatic carbocycles. The van der Waals surface area contributed by atoms with Crippen LogP contribution in [0.1, 0.15) is 37.8 Å². The molecule has 0 radical (unpaired) electrons. The normalized spacial score (nSPS) is 15.4. The summed E-state index contributed by atoms with van der Waals surface area (Å²) in [7, 11) is 1.65. The van der Waals surface area contributed by atoms with Crippen molar-refractivity contribution < 1.29 is 13.5 Å². The van der Waals surface area contributed by atoms with Gasteiger partial charge in [0.2, 0.25) is 0 Å². The summed E-state index contributed by atoms with van der Waals surface area (Å²) in [4.78, 5) is 4.07. The van der Waals surface area contributed by atoms with Gasteiger partial charge in [-0.2, -0.15) is 0 Å². The van der Waals surface area contributed by atoms with Crippen LogP contribution in [0.2, 0.25) is 0 Å². The Labute approximate surface area is 159 Å². The average molecular weight is 453 g/mol. The Morgan fingerprint density at radius 2 is 2.17 bits per heavy atom. The first-order valence-corrected chi connectivity index (χ1v) is 8.09. The summed E-state index contributed by atoms with van der Waals surface area (Å²) in [6, 6.07) is 4.87. The zero-order valence-electron chi connectivity index (χ0n) is 14.1. The monoisotopic (exact) mass is 453 g/mol. The lowest BCUT2D eigenvalue weighted by atomic mass is 10.1. The van der Waals surface area contributed by atoms with Gasteiger partial charge >= 0.3 is 0 Å². The number of guanidine groups is 1. The number of hydrogen-bond donors (Lipinski definition) is 2. The van der Waals surface area contributed by atoms with Gasteiger partial charge in [0.25, 0.3) is 0 Å². The van der Waals surface area contributed by atoms with Crippen molar-refractivity contribution in [3.05, 3.63) is 29.6 Å². The van der Waals surface area contributed by atoms with Gasteiger partial charge in [-0.15, -0.1) is 24.0 Å². The molecule has 0 bridgehead atoms. The van der Waals surface area contributed by atoms with Crippen molar-refractivity contribution in [2.75, 3.05) is 26.9 Å². The van der Waals surface area contributed by atoms with Gasteiger partial charge in [0.15, 0.2) is 17.5 Å². The van der Waals surface area contributed by atoms with Crippen molar-refractivity contribution >= 4 is 29.9 Å². The van der Waals surface area contributed by atoms with Crippen molar-refractivity contribution in [2.45, 2.75) is 32.2 Å². The Morgan fingerprint density at radius 1 is 1.42 bits per heavy atom. The SMILES string of the molecule is CN=C(NCCCF)NC(C)c1ccc(OCC2CC2)c(F)c1.I. The molecule has 1 saturated carbocycles. The van der Waals surface area contributed by atoms with E-state index in [1.165, 1.54) is 18.9 Å². The molecule has 24 heavy (non-hydrogen) atoms. The molecule has 1 aromatic carbocycles. The molecule has 0 spiro atoms. The van der Waals surface area contributed by atoms with Crippen molar-refractivity contribution in [3.8, 4) is 5.75 Å². The van der Waals surface area contributed by atoms with Crippen LogP contribution < -0.4 is 15.4 Å². The lowest BCUT2D eigenvalue weighted by Crippen LogP contribution is -2.39. The minimum atomic E-state index is -0.368. The molecule has 1 aromatic rings. The van der Waals surface area contributed by atoms with E-state index >= 15 is 0 Å². The molecule has 4 nitrogen and oxygen atoms in total. The summed E-state index contributed by atoms with van der Waals surface area (Å²) < 4.78 is 31.7. The second-order valence-electron chi connectivity index (χ2n) is 5.85. The summed E-state index contributed by atoms with van der Waals surface area (Å²) in [6.07, 6.45) is 2.78. The molecule has 1 aliphatic rings. The smallest absolute Gasteiger partial charge is 0.191 e. The van der Waals surface area contributed by atoms with E-state index < -0.39 is 0 Å². The minimum absolute atomic E-state index is 0. The predicted octanol–water partition coefficient (Wildman–Crippen LogP) is 3.82. The molecule has 0 aliphatic heterocycles. The summed E-state index contributed by atoms with van der Waals surface area (Å²) in [5.74, 6) is 1.12. The Morgan fingerprint density at radius 3 is 2.75 bits per heavy atom. The van der Waals surface area contributed by atoms with E-state index in [0.29, 0.717) is 37.2 Å². The average Bonchev–Trinajstić information content (AvgIpc) is 3.37. The molecule has 0 aromatic heterocycles. The molecule has 0 heterocycles. The van der Waals surface area contributed by atoms with Gasteiger partial charge in [-0.1, -0.05) is 6.07 Å². The van der Waals surface area contributed by atoms with Crippen LogP contribution in [0.5, 0.6) is 5.75 Å². The lowest BCUT2D eigenvalue weighted by molar-refractivity contribution is 0.285. The number of alkyl halides is 1. The second-order valence-corrected chi connectivity index (χ2v) is 5.85. The van der Waals surface area contributed by atoms with Crippen LogP contribution in [-0.2, 0) is 0 Å². The van der Waals surface area contributed by atoms with Crippen LogP contribution in [0.4, 0.5) is 8.78 Å². The number of ether oxygens (including phenoxy) is 1. The van der Waals surface area contributed by atoms with Crippen molar-refractivity contribution in [1.82, 2.24) is 10.6 Å². The summed E-state index contributed by atoms with van der Waals surface area (Å²) >= 11 is 0. The topological polar surface area (TPSA) is 45.7 Å². The van der Waals surface area contributed by atoms with Gasteiger partial charge < -0.3 is 15.4 Å². The first kappa shape index (κ1) is 20.9. The van der Waals surface area contributed by atoms with Crippen LogP contribution in [0.3, 0.4) is 0 Å². The lowest BCUT2D eigenvalue weighted by Gasteiger charge is -2.18. The number of aliphatic imine (C=N–C) groups is 1. The highest BCUT2D eigenvalue weighted by Crippen LogP contribution is 2.30. The summed E-state index contributed by atoms with van der Waals surface area (Å²) in [5, 5.41) is 6.17. The third kappa shape index (κ3) is 6.78. The van der Waals surface area contributed by atoms with Crippen molar-refractivity contribution in [3.63, 3.8) is 0 Å². The fourth-order valence-electron chi connectivity index (χ4n) is 2.15. The second kappa shape index (κ2) is 10.7. The van der Waals surface area contributed by atoms with Gasteiger partial charge in [-0.3, -0.25) is 9.38 Å². The summed E-state index contributed by atoms with van der Waals surface area (Å²) in [6.45, 7) is 2.65. The molecule has 0 saturated heterocycles. The van der Waals surface area contributed by atoms with Crippen LogP contribution in [0.15, 0.2) is 23.2 Å². The highest BCUT2D eigenvalue weighted by molar-refractivity contribution is 14.0. The van der Waals surface area contributed by atoms with Crippen LogP contribution in [0.25, 0.3) is 0 Å². The van der Waals surface area contributed by atoms with E-state index in [1.54, 1.807) is 13.1 Å². The highest BCUT2D eigenvalue weighted by Gasteiger charge is 2.22. The first-order chi connectivity index (χ1) is 11.1. The number of benzene rings is 1. The molecule has 2 rings (SSSR count). The quantitative estimate of drug-likeness (QED) is 0.272. The van der Waals surface area contributed by atoms with Crippen LogP contribution in [-0.4, -0.2) is 32.8 Å². The van der Waals surface area contributed by atoms with E-state index in [0.717, 1.165) is 5.56 Å². The van der Waals surface area contributed by atoms with Crippen molar-refractivity contribution in [1.29, 1.82) is 0 Å². The Balaban J connectivity index is 0.00000288. The van der Waals surface area contributed by atoms with Gasteiger partial charge in [0.1, 0.15) is 0 Å². The Bertz CT molecular complexity index is 539. The van der Waals surface area contributed by atoms with E-state index in [1.807, 2.05) is 13.0 Å². The largest absolute Gasteiger partial charge is 0.490 e. The number of hydrogen-bond acceptors (Lipinski definition) is 2. The zero-order chi connectivity index (χ0) is 16.7. The fourth-order valence-corrected chi connectivity index (χ4v) is 2.15. The Kier molecular flexibility index (Phi) is 9.31. The van der Waals surface area contributed by atoms with E-state index in [4.69, 9.17) is 4.74 Å². The molecule has 1 unspecified atom stereocenters. The number of nitrogens with one attached hydrogen (secondary N) is 2. The van der Waals surface area contributed by atoms with Crippen LogP contribution in [0, 0.1) is 11.7 Å². The fraction of sp³-hybridized carbons (Fsp3) is 0.588. The van der Waals surface area contributed by atoms with Crippen LogP contribution >= 0.6 is 24.0 Å². The minimum Gasteiger partial charge on any atom is -0.490 e. The summed E-state index contributed by atoms with van der Waals surface area (Å²) in [5.41, 5.74) is 0.801. The molecule has 0 amide bonds. The standard InChI is InChI=1S/C17H25F2N3O.HI/c1-12(22-17(20-2)21-9-3-8-18)14-6-7-16(15(19)10-14)23-11-13-4-5-13;/h6-7,10,12-13H,3-5,8-9,11H2,1-2H3,(H2,20,21,22);1H. The molecule has 1 fully saturated rings. The molecule has 2 N–H and O–H groups in total. The maximum absolute atomic E-state index is 14.1. The Hall–Kier alpha value is -1.12. The third-order valence-electron chi connectivity index (χ3n) is 3.81. The van der Waals surface area contributed by atoms with Gasteiger partial charge in [-0.05, 0) is 49.8 Å². The zero-order valence-corrected chi connectivity index (χ0v) is 16.5. The number of nitrogens with zero attached hydrogens (tertiary/aromatic N) is 1. The number of rotatable bonds is 8. The highest BCUT2D eigenvalue weighted by atomic mass is 127. The van der Waals surface area contributed by atoms with Gasteiger partial charge in [0, 0.05) is 13.6 Å². The molecular weight excluding hydrogens is 427 g/mol. The maximum atomic E-state index is 14.1. The van der Waals surface area contributed by atoms with E-state index in [-0.39, 0.29) is 42.5 Å². The maximum Gasteiger partial charge on any atom is 0.191 e. The molecular formula is C17H26F2IN3O. The van der Waals surface area contributed by atoms with Gasteiger partial charge in [0.05, 0.1) is 19.3 Å².